The number of hydrogen-bond acceptors (Lipinski definition) is 1. The van der Waals surface area contributed by atoms with E-state index in [4.69, 9.17) is 11.6 Å². The molecule has 0 aromatic carbocycles. The Labute approximate surface area is 91.7 Å². The third-order valence-electron chi connectivity index (χ3n) is 2.53. The fraction of sp³-hybridized carbons (Fsp3) is 0.500. The van der Waals surface area contributed by atoms with E-state index in [2.05, 4.69) is 11.5 Å². The van der Waals surface area contributed by atoms with E-state index in [1.165, 1.54) is 43.6 Å². The maximum atomic E-state index is 5.45. The second-order valence-corrected chi connectivity index (χ2v) is 3.81. The first kappa shape index (κ1) is 11.5. The van der Waals surface area contributed by atoms with Crippen LogP contribution in [0.5, 0.6) is 0 Å². The van der Waals surface area contributed by atoms with Gasteiger partial charge in [0.1, 0.15) is 0 Å². The topological polar surface area (TPSA) is 3.24 Å². The molecule has 1 nitrogen and oxygen atoms in total. The molecule has 1 rings (SSSR count). The van der Waals surface area contributed by atoms with Gasteiger partial charge in [0.2, 0.25) is 0 Å². The van der Waals surface area contributed by atoms with E-state index in [1.807, 2.05) is 18.2 Å². The van der Waals surface area contributed by atoms with Crippen LogP contribution in [0.4, 0.5) is 0 Å². The van der Waals surface area contributed by atoms with Crippen LogP contribution >= 0.6 is 11.6 Å². The maximum Gasteiger partial charge on any atom is 0.00425 e. The molecular weight excluding hydrogens is 194 g/mol. The molecule has 0 radical (unpaired) electrons. The van der Waals surface area contributed by atoms with Crippen LogP contribution in [0, 0.1) is 0 Å². The van der Waals surface area contributed by atoms with Crippen molar-refractivity contribution in [3.63, 3.8) is 0 Å². The zero-order valence-electron chi connectivity index (χ0n) is 8.58. The Bertz CT molecular complexity index is 226. The van der Waals surface area contributed by atoms with Crippen molar-refractivity contribution >= 4 is 11.6 Å². The van der Waals surface area contributed by atoms with Crippen molar-refractivity contribution in [2.45, 2.75) is 19.3 Å². The summed E-state index contributed by atoms with van der Waals surface area (Å²) >= 11 is 5.45. The van der Waals surface area contributed by atoms with E-state index in [1.54, 1.807) is 0 Å². The molecule has 78 valence electrons. The molecule has 1 aliphatic heterocycles. The highest BCUT2D eigenvalue weighted by Crippen LogP contribution is 2.11. The van der Waals surface area contributed by atoms with Gasteiger partial charge in [-0.05, 0) is 44.5 Å². The van der Waals surface area contributed by atoms with Crippen molar-refractivity contribution in [3.8, 4) is 0 Å². The fourth-order valence-corrected chi connectivity index (χ4v) is 1.60. The molecule has 0 spiro atoms. The van der Waals surface area contributed by atoms with Crippen LogP contribution in [0.25, 0.3) is 0 Å². The summed E-state index contributed by atoms with van der Waals surface area (Å²) in [5.41, 5.74) is 2.79. The SMILES string of the molecule is C=C/C(=C\C=C\Cl)CCCN1CCC1. The molecule has 0 aromatic heterocycles. The van der Waals surface area contributed by atoms with Crippen molar-refractivity contribution in [3.05, 3.63) is 35.9 Å². The molecular formula is C12H18ClN. The highest BCUT2D eigenvalue weighted by atomic mass is 35.5. The fourth-order valence-electron chi connectivity index (χ4n) is 1.53. The Balaban J connectivity index is 2.16. The Morgan fingerprint density at radius 3 is 2.71 bits per heavy atom. The Hall–Kier alpha value is -0.530. The highest BCUT2D eigenvalue weighted by molar-refractivity contribution is 6.25. The summed E-state index contributed by atoms with van der Waals surface area (Å²) in [6.07, 6.45) is 9.47. The van der Waals surface area contributed by atoms with Gasteiger partial charge in [0.25, 0.3) is 0 Å². The molecule has 0 unspecified atom stereocenters. The third-order valence-corrected chi connectivity index (χ3v) is 2.68. The summed E-state index contributed by atoms with van der Waals surface area (Å²) in [5, 5.41) is 0. The van der Waals surface area contributed by atoms with Crippen molar-refractivity contribution in [1.82, 2.24) is 4.90 Å². The lowest BCUT2D eigenvalue weighted by Gasteiger charge is -2.30. The number of likely N-dealkylation sites (tertiary alicyclic amines) is 1. The summed E-state index contributed by atoms with van der Waals surface area (Å²) in [6, 6.07) is 0. The molecule has 0 bridgehead atoms. The molecule has 0 amide bonds. The Morgan fingerprint density at radius 1 is 1.43 bits per heavy atom. The number of halogens is 1. The molecule has 0 atom stereocenters. The predicted molar refractivity (Wildman–Crippen MR) is 63.6 cm³/mol. The summed E-state index contributed by atoms with van der Waals surface area (Å²) in [6.45, 7) is 7.58. The van der Waals surface area contributed by atoms with Crippen LogP contribution in [0.2, 0.25) is 0 Å². The average molecular weight is 212 g/mol. The molecule has 0 aliphatic carbocycles. The summed E-state index contributed by atoms with van der Waals surface area (Å²) in [4.78, 5) is 2.48. The van der Waals surface area contributed by atoms with Crippen LogP contribution in [0.3, 0.4) is 0 Å². The molecule has 14 heavy (non-hydrogen) atoms. The Kier molecular flexibility index (Phi) is 5.65. The lowest BCUT2D eigenvalue weighted by Crippen LogP contribution is -2.37. The molecule has 1 heterocycles. The second-order valence-electron chi connectivity index (χ2n) is 3.56. The summed E-state index contributed by atoms with van der Waals surface area (Å²) in [7, 11) is 0. The van der Waals surface area contributed by atoms with Gasteiger partial charge in [0.05, 0.1) is 0 Å². The van der Waals surface area contributed by atoms with Crippen LogP contribution in [-0.4, -0.2) is 24.5 Å². The standard InChI is InChI=1S/C12H18ClN/c1-2-12(6-3-8-13)7-4-9-14-10-5-11-14/h2-3,6,8H,1,4-5,7,9-11H2/b8-3+,12-6+. The van der Waals surface area contributed by atoms with E-state index in [0.717, 1.165) is 6.42 Å². The largest absolute Gasteiger partial charge is 0.303 e. The minimum atomic E-state index is 1.10. The van der Waals surface area contributed by atoms with Crippen molar-refractivity contribution in [1.29, 1.82) is 0 Å². The molecule has 0 aromatic rings. The van der Waals surface area contributed by atoms with Crippen molar-refractivity contribution in [2.24, 2.45) is 0 Å². The first-order valence-electron chi connectivity index (χ1n) is 5.17. The van der Waals surface area contributed by atoms with E-state index in [9.17, 15) is 0 Å². The summed E-state index contributed by atoms with van der Waals surface area (Å²) in [5.74, 6) is 0. The maximum absolute atomic E-state index is 5.45. The minimum absolute atomic E-state index is 1.10. The van der Waals surface area contributed by atoms with Crippen molar-refractivity contribution in [2.75, 3.05) is 19.6 Å². The highest BCUT2D eigenvalue weighted by Gasteiger charge is 2.11. The van der Waals surface area contributed by atoms with Gasteiger partial charge < -0.3 is 4.90 Å². The van der Waals surface area contributed by atoms with Gasteiger partial charge in [-0.2, -0.15) is 0 Å². The number of hydrogen-bond donors (Lipinski definition) is 0. The average Bonchev–Trinajstić information content (AvgIpc) is 2.14. The third kappa shape index (κ3) is 4.12. The normalized spacial score (nSPS) is 18.5. The van der Waals surface area contributed by atoms with Gasteiger partial charge in [-0.1, -0.05) is 36.4 Å². The first-order chi connectivity index (χ1) is 6.86. The number of rotatable bonds is 6. The van der Waals surface area contributed by atoms with Crippen LogP contribution in [0.15, 0.2) is 35.9 Å². The van der Waals surface area contributed by atoms with Crippen LogP contribution < -0.4 is 0 Å². The van der Waals surface area contributed by atoms with Crippen molar-refractivity contribution < 1.29 is 0 Å². The first-order valence-corrected chi connectivity index (χ1v) is 5.61. The zero-order chi connectivity index (χ0) is 10.2. The zero-order valence-corrected chi connectivity index (χ0v) is 9.34. The number of nitrogens with zero attached hydrogens (tertiary/aromatic N) is 1. The van der Waals surface area contributed by atoms with E-state index in [0.29, 0.717) is 0 Å². The second kappa shape index (κ2) is 6.86. The van der Waals surface area contributed by atoms with Crippen LogP contribution in [-0.2, 0) is 0 Å². The molecule has 1 saturated heterocycles. The van der Waals surface area contributed by atoms with E-state index >= 15 is 0 Å². The minimum Gasteiger partial charge on any atom is -0.303 e. The van der Waals surface area contributed by atoms with E-state index in [-0.39, 0.29) is 0 Å². The molecule has 1 aliphatic rings. The van der Waals surface area contributed by atoms with Gasteiger partial charge in [-0.15, -0.1) is 0 Å². The molecule has 0 saturated carbocycles. The van der Waals surface area contributed by atoms with E-state index < -0.39 is 0 Å². The van der Waals surface area contributed by atoms with Gasteiger partial charge in [-0.25, -0.2) is 0 Å². The summed E-state index contributed by atoms with van der Waals surface area (Å²) < 4.78 is 0. The van der Waals surface area contributed by atoms with Crippen LogP contribution in [0.1, 0.15) is 19.3 Å². The van der Waals surface area contributed by atoms with Gasteiger partial charge in [-0.3, -0.25) is 0 Å². The van der Waals surface area contributed by atoms with Gasteiger partial charge in [0.15, 0.2) is 0 Å². The quantitative estimate of drug-likeness (QED) is 0.610. The van der Waals surface area contributed by atoms with Gasteiger partial charge >= 0.3 is 0 Å². The predicted octanol–water partition coefficient (Wildman–Crippen LogP) is 3.34. The molecule has 2 heteroatoms. The monoisotopic (exact) mass is 211 g/mol. The lowest BCUT2D eigenvalue weighted by atomic mass is 10.1. The lowest BCUT2D eigenvalue weighted by molar-refractivity contribution is 0.180. The van der Waals surface area contributed by atoms with Gasteiger partial charge in [0, 0.05) is 5.54 Å². The molecule has 1 fully saturated rings. The molecule has 0 N–H and O–H groups in total. The Morgan fingerprint density at radius 2 is 2.21 bits per heavy atom. The number of allylic oxidation sites excluding steroid dienone is 4. The smallest absolute Gasteiger partial charge is 0.00425 e.